The fourth-order valence-corrected chi connectivity index (χ4v) is 0.802. The Labute approximate surface area is 66.9 Å². The van der Waals surface area contributed by atoms with Crippen LogP contribution in [0.25, 0.3) is 0 Å². The van der Waals surface area contributed by atoms with Crippen molar-refractivity contribution in [2.45, 2.75) is 20.3 Å². The van der Waals surface area contributed by atoms with Crippen LogP contribution in [0.5, 0.6) is 0 Å². The molecule has 0 amide bonds. The molecule has 0 atom stereocenters. The average Bonchev–Trinajstić information content (AvgIpc) is 2.39. The van der Waals surface area contributed by atoms with Crippen LogP contribution in [-0.4, -0.2) is 4.98 Å². The molecule has 2 heteroatoms. The zero-order valence-electron chi connectivity index (χ0n) is 7.00. The molecule has 11 heavy (non-hydrogen) atoms. The van der Waals surface area contributed by atoms with Gasteiger partial charge in [0.25, 0.3) is 0 Å². The quantitative estimate of drug-likeness (QED) is 0.620. The Morgan fingerprint density at radius 1 is 1.73 bits per heavy atom. The molecule has 0 radical (unpaired) electrons. The molecule has 2 nitrogen and oxygen atoms in total. The van der Waals surface area contributed by atoms with Gasteiger partial charge in [0.15, 0.2) is 5.89 Å². The van der Waals surface area contributed by atoms with Crippen molar-refractivity contribution in [1.82, 2.24) is 4.98 Å². The normalized spacial score (nSPS) is 11.5. The summed E-state index contributed by atoms with van der Waals surface area (Å²) < 4.78 is 5.11. The number of nitrogens with zero attached hydrogens (tertiary/aromatic N) is 1. The molecule has 0 aliphatic carbocycles. The lowest BCUT2D eigenvalue weighted by Gasteiger charge is -2.16. The van der Waals surface area contributed by atoms with Crippen molar-refractivity contribution < 1.29 is 4.42 Å². The van der Waals surface area contributed by atoms with Crippen LogP contribution in [0.1, 0.15) is 19.7 Å². The van der Waals surface area contributed by atoms with Crippen molar-refractivity contribution in [1.29, 1.82) is 0 Å². The summed E-state index contributed by atoms with van der Waals surface area (Å²) in [4.78, 5) is 4.03. The highest BCUT2D eigenvalue weighted by Crippen LogP contribution is 2.21. The topological polar surface area (TPSA) is 26.0 Å². The molecular weight excluding hydrogens is 138 g/mol. The molecule has 1 aromatic heterocycles. The van der Waals surface area contributed by atoms with E-state index in [0.717, 1.165) is 12.3 Å². The van der Waals surface area contributed by atoms with Gasteiger partial charge in [0.05, 0.1) is 6.20 Å². The molecule has 0 spiro atoms. The van der Waals surface area contributed by atoms with Gasteiger partial charge in [0.1, 0.15) is 6.26 Å². The molecule has 0 unspecified atom stereocenters. The van der Waals surface area contributed by atoms with Gasteiger partial charge in [-0.25, -0.2) is 4.98 Å². The number of hydrogen-bond donors (Lipinski definition) is 0. The third-order valence-corrected chi connectivity index (χ3v) is 1.64. The van der Waals surface area contributed by atoms with Crippen LogP contribution in [0.3, 0.4) is 0 Å². The third-order valence-electron chi connectivity index (χ3n) is 1.64. The van der Waals surface area contributed by atoms with Crippen molar-refractivity contribution in [3.63, 3.8) is 0 Å². The molecule has 0 bridgehead atoms. The first-order valence-electron chi connectivity index (χ1n) is 3.66. The van der Waals surface area contributed by atoms with Crippen molar-refractivity contribution >= 4 is 0 Å². The molecule has 0 aromatic carbocycles. The molecule has 60 valence electrons. The van der Waals surface area contributed by atoms with Crippen molar-refractivity contribution in [3.05, 3.63) is 31.0 Å². The first kappa shape index (κ1) is 8.05. The summed E-state index contributed by atoms with van der Waals surface area (Å²) >= 11 is 0. The lowest BCUT2D eigenvalue weighted by molar-refractivity contribution is 0.395. The Bertz CT molecular complexity index is 224. The first-order chi connectivity index (χ1) is 5.14. The van der Waals surface area contributed by atoms with Gasteiger partial charge in [-0.2, -0.15) is 0 Å². The summed E-state index contributed by atoms with van der Waals surface area (Å²) in [7, 11) is 0. The first-order valence-corrected chi connectivity index (χ1v) is 3.66. The van der Waals surface area contributed by atoms with Gasteiger partial charge in [-0.15, -0.1) is 6.58 Å². The van der Waals surface area contributed by atoms with Crippen LogP contribution in [-0.2, 0) is 6.42 Å². The van der Waals surface area contributed by atoms with Gasteiger partial charge in [0, 0.05) is 6.42 Å². The smallest absolute Gasteiger partial charge is 0.194 e. The lowest BCUT2D eigenvalue weighted by Crippen LogP contribution is -2.10. The van der Waals surface area contributed by atoms with Gasteiger partial charge >= 0.3 is 0 Å². The Morgan fingerprint density at radius 2 is 2.45 bits per heavy atom. The third kappa shape index (κ3) is 2.22. The van der Waals surface area contributed by atoms with E-state index in [4.69, 9.17) is 4.42 Å². The summed E-state index contributed by atoms with van der Waals surface area (Å²) in [5, 5.41) is 0. The van der Waals surface area contributed by atoms with Crippen LogP contribution in [0.15, 0.2) is 29.5 Å². The van der Waals surface area contributed by atoms with Crippen LogP contribution >= 0.6 is 0 Å². The Hall–Kier alpha value is -1.05. The van der Waals surface area contributed by atoms with Crippen molar-refractivity contribution in [2.24, 2.45) is 5.41 Å². The Balaban J connectivity index is 2.63. The second-order valence-corrected chi connectivity index (χ2v) is 3.30. The fourth-order valence-electron chi connectivity index (χ4n) is 0.802. The van der Waals surface area contributed by atoms with Gasteiger partial charge in [-0.1, -0.05) is 19.9 Å². The van der Waals surface area contributed by atoms with Crippen LogP contribution in [0.2, 0.25) is 0 Å². The van der Waals surface area contributed by atoms with E-state index < -0.39 is 0 Å². The molecule has 0 fully saturated rings. The second-order valence-electron chi connectivity index (χ2n) is 3.30. The maximum atomic E-state index is 5.11. The highest BCUT2D eigenvalue weighted by molar-refractivity contribution is 4.95. The number of oxazole rings is 1. The number of allylic oxidation sites excluding steroid dienone is 1. The zero-order valence-corrected chi connectivity index (χ0v) is 7.00. The monoisotopic (exact) mass is 151 g/mol. The Kier molecular flexibility index (Phi) is 2.13. The summed E-state index contributed by atoms with van der Waals surface area (Å²) in [5.74, 6) is 0.773. The summed E-state index contributed by atoms with van der Waals surface area (Å²) in [5.41, 5.74) is 0.0743. The number of rotatable bonds is 3. The van der Waals surface area contributed by atoms with Gasteiger partial charge in [-0.3, -0.25) is 0 Å². The number of hydrogen-bond acceptors (Lipinski definition) is 2. The summed E-state index contributed by atoms with van der Waals surface area (Å²) in [6, 6.07) is 0. The minimum absolute atomic E-state index is 0.0743. The second kappa shape index (κ2) is 2.91. The zero-order chi connectivity index (χ0) is 8.32. The predicted octanol–water partition coefficient (Wildman–Crippen LogP) is 2.43. The van der Waals surface area contributed by atoms with E-state index in [9.17, 15) is 0 Å². The molecule has 0 N–H and O–H groups in total. The molecule has 0 saturated heterocycles. The van der Waals surface area contributed by atoms with E-state index in [1.807, 2.05) is 6.08 Å². The Morgan fingerprint density at radius 3 is 2.91 bits per heavy atom. The minimum Gasteiger partial charge on any atom is -0.449 e. The largest absolute Gasteiger partial charge is 0.449 e. The van der Waals surface area contributed by atoms with E-state index in [1.54, 1.807) is 12.5 Å². The standard InChI is InChI=1S/C9H13NO/c1-4-9(2,3)7-8-10-5-6-11-8/h4-6H,1,7H2,2-3H3. The van der Waals surface area contributed by atoms with E-state index in [1.165, 1.54) is 0 Å². The molecule has 0 aliphatic rings. The molecule has 0 saturated carbocycles. The van der Waals surface area contributed by atoms with E-state index >= 15 is 0 Å². The van der Waals surface area contributed by atoms with Crippen molar-refractivity contribution in [3.8, 4) is 0 Å². The molecule has 1 aromatic rings. The van der Waals surface area contributed by atoms with E-state index in [0.29, 0.717) is 0 Å². The summed E-state index contributed by atoms with van der Waals surface area (Å²) in [6.07, 6.45) is 5.98. The molecule has 0 aliphatic heterocycles. The predicted molar refractivity (Wildman–Crippen MR) is 44.2 cm³/mol. The van der Waals surface area contributed by atoms with Crippen LogP contribution in [0.4, 0.5) is 0 Å². The van der Waals surface area contributed by atoms with E-state index in [2.05, 4.69) is 25.4 Å². The van der Waals surface area contributed by atoms with Gasteiger partial charge in [-0.05, 0) is 5.41 Å². The highest BCUT2D eigenvalue weighted by atomic mass is 16.3. The fraction of sp³-hybridized carbons (Fsp3) is 0.444. The highest BCUT2D eigenvalue weighted by Gasteiger charge is 2.15. The minimum atomic E-state index is 0.0743. The number of aromatic nitrogens is 1. The van der Waals surface area contributed by atoms with Gasteiger partial charge < -0.3 is 4.42 Å². The summed E-state index contributed by atoms with van der Waals surface area (Å²) in [6.45, 7) is 7.95. The molecule has 1 heterocycles. The van der Waals surface area contributed by atoms with Crippen molar-refractivity contribution in [2.75, 3.05) is 0 Å². The lowest BCUT2D eigenvalue weighted by atomic mass is 9.90. The SMILES string of the molecule is C=CC(C)(C)Cc1ncco1. The maximum Gasteiger partial charge on any atom is 0.194 e. The van der Waals surface area contributed by atoms with Gasteiger partial charge in [0.2, 0.25) is 0 Å². The molecular formula is C9H13NO. The maximum absolute atomic E-state index is 5.11. The molecule has 1 rings (SSSR count). The van der Waals surface area contributed by atoms with E-state index in [-0.39, 0.29) is 5.41 Å². The average molecular weight is 151 g/mol. The van der Waals surface area contributed by atoms with Crippen LogP contribution < -0.4 is 0 Å². The van der Waals surface area contributed by atoms with Crippen LogP contribution in [0, 0.1) is 5.41 Å².